The molecule has 42 valence electrons. The maximum atomic E-state index is 4.80. The molecule has 0 aliphatic carbocycles. The third-order valence-corrected chi connectivity index (χ3v) is 0.524. The fourth-order valence-corrected chi connectivity index (χ4v) is 0.577. The smallest absolute Gasteiger partial charge is 0.511 e. The van der Waals surface area contributed by atoms with Gasteiger partial charge in [-0.05, 0) is 13.8 Å². The second-order valence-electron chi connectivity index (χ2n) is 1.42. The van der Waals surface area contributed by atoms with Crippen LogP contribution in [0.4, 0.5) is 0 Å². The molecule has 0 saturated heterocycles. The Labute approximate surface area is 103 Å². The fraction of sp³-hybridized carbons (Fsp3) is 0.750. The van der Waals surface area contributed by atoms with Crippen molar-refractivity contribution in [2.24, 2.45) is 0 Å². The first-order valence-electron chi connectivity index (χ1n) is 2.00. The van der Waals surface area contributed by atoms with Gasteiger partial charge in [0, 0.05) is 4.38 Å². The summed E-state index contributed by atoms with van der Waals surface area (Å²) in [5.41, 5.74) is 0. The van der Waals surface area contributed by atoms with Gasteiger partial charge in [0.1, 0.15) is 0 Å². The third kappa shape index (κ3) is 10.7. The van der Waals surface area contributed by atoms with Gasteiger partial charge in [-0.15, -0.1) is 0 Å². The molecule has 0 aliphatic rings. The Balaban J connectivity index is 0. The van der Waals surface area contributed by atoms with Crippen molar-refractivity contribution in [3.63, 3.8) is 0 Å². The Morgan fingerprint density at radius 3 is 2.00 bits per heavy atom. The van der Waals surface area contributed by atoms with E-state index < -0.39 is 0 Å². The van der Waals surface area contributed by atoms with E-state index in [2.05, 4.69) is 24.8 Å². The average molecular weight is 174 g/mol. The third-order valence-electron chi connectivity index (χ3n) is 0.332. The van der Waals surface area contributed by atoms with Crippen LogP contribution >= 0.6 is 12.2 Å². The van der Waals surface area contributed by atoms with Crippen LogP contribution in [0, 0.1) is 0 Å². The molecule has 0 amide bonds. The van der Waals surface area contributed by atoms with Crippen molar-refractivity contribution in [2.45, 2.75) is 20.0 Å². The average Bonchev–Trinajstić information content (AvgIpc) is 1.27. The zero-order valence-electron chi connectivity index (χ0n) is 5.30. The predicted octanol–water partition coefficient (Wildman–Crippen LogP) is -1.75. The Morgan fingerprint density at radius 1 is 1.62 bits per heavy atom. The minimum Gasteiger partial charge on any atom is -0.511 e. The summed E-state index contributed by atoms with van der Waals surface area (Å²) < 4.78 is 5.00. The molecular weight excluding hydrogens is 167 g/mol. The largest absolute Gasteiger partial charge is 1.00 e. The first-order chi connectivity index (χ1) is 3.13. The van der Waals surface area contributed by atoms with Gasteiger partial charge >= 0.3 is 51.4 Å². The molecule has 0 unspecified atom stereocenters. The van der Waals surface area contributed by atoms with Gasteiger partial charge in [-0.2, -0.15) is 0 Å². The predicted molar refractivity (Wildman–Crippen MR) is 36.2 cm³/mol. The zero-order valence-corrected chi connectivity index (χ0v) is 10.1. The van der Waals surface area contributed by atoms with E-state index >= 15 is 0 Å². The van der Waals surface area contributed by atoms with E-state index in [0.717, 1.165) is 0 Å². The molecule has 0 spiro atoms. The van der Waals surface area contributed by atoms with Crippen LogP contribution in [0.3, 0.4) is 0 Å². The van der Waals surface area contributed by atoms with Gasteiger partial charge in [0.25, 0.3) is 0 Å². The summed E-state index contributed by atoms with van der Waals surface area (Å²) in [5.74, 6) is 0. The van der Waals surface area contributed by atoms with E-state index in [9.17, 15) is 0 Å². The van der Waals surface area contributed by atoms with Crippen LogP contribution in [0.15, 0.2) is 0 Å². The van der Waals surface area contributed by atoms with Crippen LogP contribution < -0.4 is 51.4 Å². The minimum atomic E-state index is 0. The van der Waals surface area contributed by atoms with E-state index in [1.807, 2.05) is 13.8 Å². The molecule has 0 bridgehead atoms. The normalized spacial score (nSPS) is 7.88. The van der Waals surface area contributed by atoms with Crippen LogP contribution in [0.1, 0.15) is 13.8 Å². The summed E-state index contributed by atoms with van der Waals surface area (Å²) >= 11 is 8.93. The van der Waals surface area contributed by atoms with Gasteiger partial charge in [0.2, 0.25) is 0 Å². The molecule has 0 aromatic rings. The number of rotatable bonds is 1. The van der Waals surface area contributed by atoms with E-state index in [4.69, 9.17) is 4.74 Å². The van der Waals surface area contributed by atoms with Crippen molar-refractivity contribution < 1.29 is 56.1 Å². The van der Waals surface area contributed by atoms with Crippen molar-refractivity contribution in [3.8, 4) is 0 Å². The van der Waals surface area contributed by atoms with Crippen molar-refractivity contribution in [1.29, 1.82) is 0 Å². The summed E-state index contributed by atoms with van der Waals surface area (Å²) in [5, 5.41) is 0. The van der Waals surface area contributed by atoms with Gasteiger partial charge < -0.3 is 29.6 Å². The van der Waals surface area contributed by atoms with Crippen LogP contribution in [0.2, 0.25) is 0 Å². The van der Waals surface area contributed by atoms with Gasteiger partial charge in [-0.3, -0.25) is 0 Å². The van der Waals surface area contributed by atoms with E-state index in [1.165, 1.54) is 0 Å². The SMILES string of the molecule is CC(C)OC(=S)[S-].[K+]. The Hall–Kier alpha value is 1.75. The monoisotopic (exact) mass is 174 g/mol. The molecule has 0 aliphatic heterocycles. The summed E-state index contributed by atoms with van der Waals surface area (Å²) in [4.78, 5) is 0. The van der Waals surface area contributed by atoms with E-state index in [0.29, 0.717) is 0 Å². The minimum absolute atomic E-state index is 0. The molecule has 8 heavy (non-hydrogen) atoms. The molecule has 4 heteroatoms. The molecule has 0 saturated carbocycles. The van der Waals surface area contributed by atoms with Gasteiger partial charge in [0.15, 0.2) is 0 Å². The van der Waals surface area contributed by atoms with E-state index in [-0.39, 0.29) is 61.9 Å². The number of thiocarbonyl (C=S) groups is 1. The summed E-state index contributed by atoms with van der Waals surface area (Å²) in [6.07, 6.45) is 0.130. The summed E-state index contributed by atoms with van der Waals surface area (Å²) in [6.45, 7) is 3.78. The first-order valence-corrected chi connectivity index (χ1v) is 2.82. The number of hydrogen-bond acceptors (Lipinski definition) is 3. The standard InChI is InChI=1S/C4H8OS2.K/c1-3(2)5-4(6)7;/h3H,1-2H3,(H,6,7);/q;+1/p-1. The summed E-state index contributed by atoms with van der Waals surface area (Å²) in [7, 11) is 0. The Bertz CT molecular complexity index is 74.4. The molecule has 0 radical (unpaired) electrons. The van der Waals surface area contributed by atoms with Crippen molar-refractivity contribution >= 4 is 29.2 Å². The van der Waals surface area contributed by atoms with Gasteiger partial charge in [0.05, 0.1) is 6.10 Å². The zero-order chi connectivity index (χ0) is 5.86. The van der Waals surface area contributed by atoms with E-state index in [1.54, 1.807) is 0 Å². The van der Waals surface area contributed by atoms with Crippen LogP contribution in [-0.4, -0.2) is 10.5 Å². The molecular formula is C4H7KOS2. The molecule has 0 fully saturated rings. The first kappa shape index (κ1) is 12.4. The fourth-order valence-electron chi connectivity index (χ4n) is 0.192. The molecule has 1 nitrogen and oxygen atoms in total. The summed E-state index contributed by atoms with van der Waals surface area (Å²) in [6, 6.07) is 0. The van der Waals surface area contributed by atoms with Crippen LogP contribution in [0.5, 0.6) is 0 Å². The van der Waals surface area contributed by atoms with Gasteiger partial charge in [-0.1, -0.05) is 0 Å². The topological polar surface area (TPSA) is 9.23 Å². The maximum absolute atomic E-state index is 4.80. The number of ether oxygens (including phenoxy) is 1. The molecule has 0 aromatic carbocycles. The molecule has 0 atom stereocenters. The second-order valence-corrected chi connectivity index (χ2v) is 2.42. The molecule has 0 N–H and O–H groups in total. The quantitative estimate of drug-likeness (QED) is 0.265. The number of hydrogen-bond donors (Lipinski definition) is 0. The molecule has 0 aromatic heterocycles. The van der Waals surface area contributed by atoms with Crippen molar-refractivity contribution in [1.82, 2.24) is 0 Å². The second kappa shape index (κ2) is 6.86. The van der Waals surface area contributed by atoms with Crippen molar-refractivity contribution in [2.75, 3.05) is 0 Å². The van der Waals surface area contributed by atoms with Crippen molar-refractivity contribution in [3.05, 3.63) is 0 Å². The molecule has 0 heterocycles. The van der Waals surface area contributed by atoms with Gasteiger partial charge in [-0.25, -0.2) is 0 Å². The maximum Gasteiger partial charge on any atom is 1.00 e. The van der Waals surface area contributed by atoms with Crippen LogP contribution in [0.25, 0.3) is 0 Å². The van der Waals surface area contributed by atoms with Crippen LogP contribution in [-0.2, 0) is 17.4 Å². The Kier molecular flexibility index (Phi) is 10.7. The molecule has 0 rings (SSSR count). The Morgan fingerprint density at radius 2 is 2.00 bits per heavy atom.